The van der Waals surface area contributed by atoms with Gasteiger partial charge in [-0.05, 0) is 26.0 Å². The monoisotopic (exact) mass is 358 g/mol. The van der Waals surface area contributed by atoms with Crippen LogP contribution in [0.1, 0.15) is 13.8 Å². The molecule has 3 aliphatic rings. The molecule has 3 aliphatic heterocycles. The molecular weight excluding hydrogens is 339 g/mol. The molecule has 0 aromatic heterocycles. The van der Waals surface area contributed by atoms with Crippen molar-refractivity contribution in [3.05, 3.63) is 30.3 Å². The van der Waals surface area contributed by atoms with E-state index in [0.29, 0.717) is 5.75 Å². The third-order valence-electron chi connectivity index (χ3n) is 4.05. The first-order valence-corrected chi connectivity index (χ1v) is 9.19. The van der Waals surface area contributed by atoms with Crippen molar-refractivity contribution < 1.29 is 37.5 Å². The molecule has 0 spiro atoms. The van der Waals surface area contributed by atoms with Gasteiger partial charge in [0.25, 0.3) is 0 Å². The van der Waals surface area contributed by atoms with Crippen LogP contribution in [0.5, 0.6) is 5.75 Å². The smallest absolute Gasteiger partial charge is 0.404 e. The van der Waals surface area contributed by atoms with E-state index in [-0.39, 0.29) is 0 Å². The maximum atomic E-state index is 12.9. The lowest BCUT2D eigenvalue weighted by Crippen LogP contribution is -2.48. The highest BCUT2D eigenvalue weighted by atomic mass is 31.2. The van der Waals surface area contributed by atoms with Gasteiger partial charge < -0.3 is 23.8 Å². The second-order valence-electron chi connectivity index (χ2n) is 6.32. The van der Waals surface area contributed by atoms with Gasteiger partial charge in [0.2, 0.25) is 0 Å². The zero-order valence-electron chi connectivity index (χ0n) is 13.2. The van der Waals surface area contributed by atoms with Crippen LogP contribution < -0.4 is 4.52 Å². The molecule has 0 saturated carbocycles. The van der Waals surface area contributed by atoms with Crippen molar-refractivity contribution in [2.75, 3.05) is 6.61 Å². The molecule has 3 saturated heterocycles. The van der Waals surface area contributed by atoms with E-state index >= 15 is 0 Å². The third-order valence-corrected chi connectivity index (χ3v) is 5.51. The summed E-state index contributed by atoms with van der Waals surface area (Å²) in [6.07, 6.45) is -3.48. The van der Waals surface area contributed by atoms with E-state index in [1.54, 1.807) is 44.2 Å². The molecule has 24 heavy (non-hydrogen) atoms. The Morgan fingerprint density at radius 2 is 1.88 bits per heavy atom. The Hall–Kier alpha value is -0.990. The van der Waals surface area contributed by atoms with Crippen LogP contribution in [0, 0.1) is 0 Å². The minimum atomic E-state index is -3.94. The first kappa shape index (κ1) is 16.5. The van der Waals surface area contributed by atoms with Crippen LogP contribution in [0.15, 0.2) is 30.3 Å². The number of phosphoric acid groups is 1. The van der Waals surface area contributed by atoms with Gasteiger partial charge in [-0.3, -0.25) is 9.05 Å². The van der Waals surface area contributed by atoms with E-state index in [1.807, 2.05) is 0 Å². The molecule has 6 atom stereocenters. The number of aliphatic hydroxyl groups is 1. The highest BCUT2D eigenvalue weighted by Gasteiger charge is 2.63. The molecule has 3 fully saturated rings. The van der Waals surface area contributed by atoms with Crippen molar-refractivity contribution in [2.45, 2.75) is 50.3 Å². The quantitative estimate of drug-likeness (QED) is 0.818. The summed E-state index contributed by atoms with van der Waals surface area (Å²) in [7, 11) is -3.94. The summed E-state index contributed by atoms with van der Waals surface area (Å²) in [4.78, 5) is 0. The molecule has 132 valence electrons. The summed E-state index contributed by atoms with van der Waals surface area (Å²) >= 11 is 0. The van der Waals surface area contributed by atoms with Crippen molar-refractivity contribution in [3.63, 3.8) is 0 Å². The van der Waals surface area contributed by atoms with Crippen LogP contribution in [-0.2, 0) is 27.8 Å². The fourth-order valence-electron chi connectivity index (χ4n) is 3.11. The Morgan fingerprint density at radius 1 is 1.12 bits per heavy atom. The Bertz CT molecular complexity index is 650. The molecule has 0 bridgehead atoms. The SMILES string of the molecule is CC1(C)O[C@H]2O[C@H]3[C@H](OP(=O)(Oc4ccccc4)O[C@@H]3CO)[C@H]2O1. The molecular formula is C15H19O8P. The number of benzene rings is 1. The van der Waals surface area contributed by atoms with Crippen molar-refractivity contribution in [1.29, 1.82) is 0 Å². The largest absolute Gasteiger partial charge is 0.530 e. The average Bonchev–Trinajstić information content (AvgIpc) is 2.99. The molecule has 1 aromatic rings. The van der Waals surface area contributed by atoms with Crippen molar-refractivity contribution in [1.82, 2.24) is 0 Å². The van der Waals surface area contributed by atoms with E-state index in [1.165, 1.54) is 0 Å². The number of fused-ring (bicyclic) bond motifs is 3. The van der Waals surface area contributed by atoms with Crippen LogP contribution in [0.4, 0.5) is 0 Å². The Kier molecular flexibility index (Phi) is 3.97. The fourth-order valence-corrected chi connectivity index (χ4v) is 4.69. The molecule has 1 N–H and O–H groups in total. The lowest BCUT2D eigenvalue weighted by molar-refractivity contribution is -0.232. The van der Waals surface area contributed by atoms with Crippen LogP contribution in [0.25, 0.3) is 0 Å². The highest BCUT2D eigenvalue weighted by Crippen LogP contribution is 2.58. The van der Waals surface area contributed by atoms with Crippen LogP contribution in [0.2, 0.25) is 0 Å². The molecule has 3 heterocycles. The van der Waals surface area contributed by atoms with Crippen molar-refractivity contribution in [3.8, 4) is 5.75 Å². The molecule has 8 nitrogen and oxygen atoms in total. The Labute approximate surface area is 139 Å². The van der Waals surface area contributed by atoms with E-state index < -0.39 is 50.9 Å². The summed E-state index contributed by atoms with van der Waals surface area (Å²) in [5.74, 6) is -0.489. The van der Waals surface area contributed by atoms with Gasteiger partial charge in [0.15, 0.2) is 12.1 Å². The lowest BCUT2D eigenvalue weighted by Gasteiger charge is -2.37. The number of para-hydroxylation sites is 1. The average molecular weight is 358 g/mol. The van der Waals surface area contributed by atoms with E-state index in [2.05, 4.69) is 0 Å². The summed E-state index contributed by atoms with van der Waals surface area (Å²) in [6, 6.07) is 8.56. The van der Waals surface area contributed by atoms with Gasteiger partial charge in [0.1, 0.15) is 30.2 Å². The summed E-state index contributed by atoms with van der Waals surface area (Å²) in [5, 5.41) is 9.58. The van der Waals surface area contributed by atoms with Gasteiger partial charge in [-0.25, -0.2) is 4.57 Å². The molecule has 4 rings (SSSR count). The molecule has 0 radical (unpaired) electrons. The number of ether oxygens (including phenoxy) is 3. The second-order valence-corrected chi connectivity index (χ2v) is 7.82. The number of aliphatic hydroxyl groups excluding tert-OH is 1. The maximum absolute atomic E-state index is 12.9. The number of hydrogen-bond donors (Lipinski definition) is 1. The second kappa shape index (κ2) is 5.78. The van der Waals surface area contributed by atoms with Gasteiger partial charge in [-0.2, -0.15) is 0 Å². The molecule has 0 aliphatic carbocycles. The summed E-state index contributed by atoms with van der Waals surface area (Å²) in [5.41, 5.74) is 0. The van der Waals surface area contributed by atoms with Crippen LogP contribution in [-0.4, -0.2) is 48.2 Å². The number of hydrogen-bond acceptors (Lipinski definition) is 8. The minimum Gasteiger partial charge on any atom is -0.404 e. The van der Waals surface area contributed by atoms with Gasteiger partial charge in [-0.1, -0.05) is 18.2 Å². The Balaban J connectivity index is 1.58. The van der Waals surface area contributed by atoms with E-state index in [0.717, 1.165) is 0 Å². The summed E-state index contributed by atoms with van der Waals surface area (Å²) in [6.45, 7) is 3.12. The van der Waals surface area contributed by atoms with Crippen molar-refractivity contribution in [2.24, 2.45) is 0 Å². The first-order chi connectivity index (χ1) is 11.4. The minimum absolute atomic E-state index is 0.343. The zero-order valence-corrected chi connectivity index (χ0v) is 14.1. The normalized spacial score (nSPS) is 43.2. The van der Waals surface area contributed by atoms with E-state index in [4.69, 9.17) is 27.8 Å². The van der Waals surface area contributed by atoms with Gasteiger partial charge in [0, 0.05) is 0 Å². The van der Waals surface area contributed by atoms with Crippen LogP contribution in [0.3, 0.4) is 0 Å². The topological polar surface area (TPSA) is 92.7 Å². The number of rotatable bonds is 3. The standard InChI is InChI=1S/C15H19O8P/c1-15(2)19-13-12-11(18-14(13)20-15)10(8-16)22-24(17,23-12)21-9-6-4-3-5-7-9/h3-7,10-14,16H,8H2,1-2H3/t10-,11-,12+,13-,14-,24?/m1/s1. The fraction of sp³-hybridized carbons (Fsp3) is 0.600. The third kappa shape index (κ3) is 2.88. The van der Waals surface area contributed by atoms with E-state index in [9.17, 15) is 9.67 Å². The molecule has 0 amide bonds. The lowest BCUT2D eigenvalue weighted by atomic mass is 10.1. The van der Waals surface area contributed by atoms with Gasteiger partial charge in [-0.15, -0.1) is 0 Å². The first-order valence-electron chi connectivity index (χ1n) is 7.73. The maximum Gasteiger partial charge on any atom is 0.530 e. The zero-order chi connectivity index (χ0) is 16.9. The van der Waals surface area contributed by atoms with Gasteiger partial charge in [0.05, 0.1) is 6.61 Å². The van der Waals surface area contributed by atoms with Gasteiger partial charge >= 0.3 is 7.82 Å². The highest BCUT2D eigenvalue weighted by molar-refractivity contribution is 7.49. The van der Waals surface area contributed by atoms with Crippen LogP contribution >= 0.6 is 7.82 Å². The molecule has 1 unspecified atom stereocenters. The van der Waals surface area contributed by atoms with Crippen molar-refractivity contribution >= 4 is 7.82 Å². The molecule has 1 aromatic carbocycles. The number of phosphoric ester groups is 1. The predicted molar refractivity (Wildman–Crippen MR) is 80.2 cm³/mol. The molecule has 9 heteroatoms. The predicted octanol–water partition coefficient (Wildman–Crippen LogP) is 1.83. The Morgan fingerprint density at radius 3 is 2.58 bits per heavy atom. The summed E-state index contributed by atoms with van der Waals surface area (Å²) < 4.78 is 46.5.